The Hall–Kier alpha value is -2.60. The number of ether oxygens (including phenoxy) is 1. The molecule has 0 unspecified atom stereocenters. The molecule has 0 aliphatic carbocycles. The van der Waals surface area contributed by atoms with Gasteiger partial charge in [0.1, 0.15) is 11.6 Å². The number of amides is 5. The summed E-state index contributed by atoms with van der Waals surface area (Å²) in [5, 5.41) is 4.92. The van der Waals surface area contributed by atoms with Crippen LogP contribution >= 0.6 is 0 Å². The number of nitrogens with zero attached hydrogens (tertiary/aromatic N) is 3. The van der Waals surface area contributed by atoms with E-state index in [1.54, 1.807) is 4.90 Å². The first-order chi connectivity index (χ1) is 18.1. The van der Waals surface area contributed by atoms with Gasteiger partial charge in [0, 0.05) is 32.1 Å². The molecule has 3 saturated heterocycles. The van der Waals surface area contributed by atoms with Gasteiger partial charge in [-0.15, -0.1) is 0 Å². The lowest BCUT2D eigenvalue weighted by Crippen LogP contribution is -2.54. The molecule has 0 aromatic heterocycles. The Balaban J connectivity index is 1.25. The normalized spacial score (nSPS) is 22.0. The maximum absolute atomic E-state index is 12.7. The van der Waals surface area contributed by atoms with Crippen molar-refractivity contribution in [2.24, 2.45) is 0 Å². The molecule has 0 aromatic carbocycles. The standard InChI is InChI=1S/C26H46N6O6/c1-5-6-17-37-32-20-10-11-21(31(18-20)24(32)35)23(34)29-28-22(33)9-7-8-14-27-19-12-15-30(16-13-19)25(36)38-26(2,3)4/h19-21,27H,5-18H2,1-4H3,(H,28,33)(H,29,34)/t20-,21-/m0/s1. The summed E-state index contributed by atoms with van der Waals surface area (Å²) < 4.78 is 5.43. The fourth-order valence-corrected chi connectivity index (χ4v) is 4.96. The number of hydrogen-bond acceptors (Lipinski definition) is 7. The molecular formula is C26H46N6O6. The van der Waals surface area contributed by atoms with Crippen LogP contribution in [-0.4, -0.2) is 95.3 Å². The smallest absolute Gasteiger partial charge is 0.410 e. The summed E-state index contributed by atoms with van der Waals surface area (Å²) in [5.74, 6) is -0.630. The van der Waals surface area contributed by atoms with Crippen LogP contribution in [0.3, 0.4) is 0 Å². The van der Waals surface area contributed by atoms with Gasteiger partial charge in [-0.05, 0) is 72.3 Å². The summed E-state index contributed by atoms with van der Waals surface area (Å²) in [6.45, 7) is 10.7. The number of hydroxylamine groups is 2. The highest BCUT2D eigenvalue weighted by Crippen LogP contribution is 2.30. The Morgan fingerprint density at radius 3 is 2.42 bits per heavy atom. The maximum Gasteiger partial charge on any atom is 0.410 e. The van der Waals surface area contributed by atoms with Crippen molar-refractivity contribution in [3.8, 4) is 0 Å². The SMILES string of the molecule is CCCCON1C(=O)N2C[C@@H]1CC[C@H]2C(=O)NNC(=O)CCCCNC1CCN(C(=O)OC(C)(C)C)CC1. The summed E-state index contributed by atoms with van der Waals surface area (Å²) in [6.07, 6.45) is 6.37. The molecule has 2 bridgehead atoms. The predicted molar refractivity (Wildman–Crippen MR) is 141 cm³/mol. The molecule has 216 valence electrons. The van der Waals surface area contributed by atoms with Gasteiger partial charge in [0.25, 0.3) is 5.91 Å². The first kappa shape index (κ1) is 29.9. The molecule has 38 heavy (non-hydrogen) atoms. The zero-order chi connectivity index (χ0) is 27.7. The number of unbranched alkanes of at least 4 members (excludes halogenated alkanes) is 2. The van der Waals surface area contributed by atoms with Crippen molar-refractivity contribution in [1.82, 2.24) is 31.0 Å². The monoisotopic (exact) mass is 538 g/mol. The third kappa shape index (κ3) is 8.72. The van der Waals surface area contributed by atoms with Crippen LogP contribution in [-0.2, 0) is 19.2 Å². The fourth-order valence-electron chi connectivity index (χ4n) is 4.96. The van der Waals surface area contributed by atoms with Crippen molar-refractivity contribution in [2.45, 2.75) is 109 Å². The maximum atomic E-state index is 12.7. The molecule has 3 N–H and O–H groups in total. The van der Waals surface area contributed by atoms with Crippen LogP contribution < -0.4 is 16.2 Å². The second-order valence-electron chi connectivity index (χ2n) is 11.4. The lowest BCUT2D eigenvalue weighted by molar-refractivity contribution is -0.132. The summed E-state index contributed by atoms with van der Waals surface area (Å²) in [6, 6.07) is -0.565. The molecule has 5 amide bonds. The molecule has 0 radical (unpaired) electrons. The van der Waals surface area contributed by atoms with Gasteiger partial charge in [-0.3, -0.25) is 25.3 Å². The molecule has 12 heteroatoms. The molecule has 12 nitrogen and oxygen atoms in total. The van der Waals surface area contributed by atoms with Gasteiger partial charge in [-0.25, -0.2) is 9.59 Å². The van der Waals surface area contributed by atoms with Crippen molar-refractivity contribution in [1.29, 1.82) is 0 Å². The zero-order valence-corrected chi connectivity index (χ0v) is 23.4. The molecule has 3 rings (SSSR count). The third-order valence-electron chi connectivity index (χ3n) is 7.09. The van der Waals surface area contributed by atoms with Gasteiger partial charge in [-0.1, -0.05) is 13.3 Å². The highest BCUT2D eigenvalue weighted by molar-refractivity contribution is 5.89. The molecule has 3 aliphatic rings. The van der Waals surface area contributed by atoms with E-state index in [4.69, 9.17) is 9.57 Å². The number of piperidine rings is 2. The van der Waals surface area contributed by atoms with Crippen LogP contribution in [0.5, 0.6) is 0 Å². The van der Waals surface area contributed by atoms with Crippen molar-refractivity contribution in [2.75, 3.05) is 32.8 Å². The molecule has 3 heterocycles. The third-order valence-corrected chi connectivity index (χ3v) is 7.09. The van der Waals surface area contributed by atoms with Gasteiger partial charge in [0.2, 0.25) is 5.91 Å². The lowest BCUT2D eigenvalue weighted by Gasteiger charge is -2.33. The van der Waals surface area contributed by atoms with E-state index in [1.165, 1.54) is 9.96 Å². The average Bonchev–Trinajstić information content (AvgIpc) is 3.11. The number of carbonyl (C=O) groups excluding carboxylic acids is 4. The van der Waals surface area contributed by atoms with Crippen LogP contribution in [0, 0.1) is 0 Å². The van der Waals surface area contributed by atoms with Gasteiger partial charge in [0.05, 0.1) is 12.6 Å². The van der Waals surface area contributed by atoms with Crippen molar-refractivity contribution < 1.29 is 28.8 Å². The Labute approximate surface area is 226 Å². The fraction of sp³-hybridized carbons (Fsp3) is 0.846. The van der Waals surface area contributed by atoms with Crippen molar-refractivity contribution in [3.05, 3.63) is 0 Å². The minimum Gasteiger partial charge on any atom is -0.444 e. The largest absolute Gasteiger partial charge is 0.444 e. The van der Waals surface area contributed by atoms with Crippen LogP contribution in [0.4, 0.5) is 9.59 Å². The van der Waals surface area contributed by atoms with Crippen molar-refractivity contribution in [3.63, 3.8) is 0 Å². The van der Waals surface area contributed by atoms with Crippen molar-refractivity contribution >= 4 is 23.9 Å². The minimum atomic E-state index is -0.607. The topological polar surface area (TPSA) is 133 Å². The number of rotatable bonds is 11. The number of carbonyl (C=O) groups is 4. The molecule has 3 aliphatic heterocycles. The van der Waals surface area contributed by atoms with Gasteiger partial charge >= 0.3 is 12.1 Å². The molecule has 2 atom stereocenters. The van der Waals surface area contributed by atoms with Gasteiger partial charge in [0.15, 0.2) is 0 Å². The van der Waals surface area contributed by atoms with Gasteiger partial charge in [-0.2, -0.15) is 5.06 Å². The second-order valence-corrected chi connectivity index (χ2v) is 11.4. The first-order valence-corrected chi connectivity index (χ1v) is 14.1. The van der Waals surface area contributed by atoms with E-state index in [0.717, 1.165) is 38.6 Å². The van der Waals surface area contributed by atoms with Crippen LogP contribution in [0.15, 0.2) is 0 Å². The number of nitrogens with one attached hydrogen (secondary N) is 3. The molecule has 3 fully saturated rings. The summed E-state index contributed by atoms with van der Waals surface area (Å²) in [5.41, 5.74) is 4.49. The quantitative estimate of drug-likeness (QED) is 0.272. The Morgan fingerprint density at radius 2 is 1.74 bits per heavy atom. The van der Waals surface area contributed by atoms with E-state index >= 15 is 0 Å². The average molecular weight is 539 g/mol. The minimum absolute atomic E-state index is 0.0240. The Bertz CT molecular complexity index is 826. The lowest BCUT2D eigenvalue weighted by atomic mass is 10.0. The number of urea groups is 1. The highest BCUT2D eigenvalue weighted by atomic mass is 16.7. The second kappa shape index (κ2) is 14.0. The van der Waals surface area contributed by atoms with E-state index in [9.17, 15) is 19.2 Å². The highest BCUT2D eigenvalue weighted by Gasteiger charge is 2.47. The van der Waals surface area contributed by atoms with E-state index in [2.05, 4.69) is 23.1 Å². The molecule has 0 spiro atoms. The summed E-state index contributed by atoms with van der Waals surface area (Å²) in [4.78, 5) is 58.7. The molecule has 0 aromatic rings. The van der Waals surface area contributed by atoms with Crippen LogP contribution in [0.2, 0.25) is 0 Å². The number of likely N-dealkylation sites (tertiary alicyclic amines) is 1. The predicted octanol–water partition coefficient (Wildman–Crippen LogP) is 2.29. The summed E-state index contributed by atoms with van der Waals surface area (Å²) in [7, 11) is 0. The molecular weight excluding hydrogens is 492 g/mol. The zero-order valence-electron chi connectivity index (χ0n) is 23.4. The summed E-state index contributed by atoms with van der Waals surface area (Å²) >= 11 is 0. The molecule has 0 saturated carbocycles. The first-order valence-electron chi connectivity index (χ1n) is 14.1. The van der Waals surface area contributed by atoms with E-state index in [0.29, 0.717) is 58.0 Å². The van der Waals surface area contributed by atoms with E-state index in [1.807, 2.05) is 20.8 Å². The number of fused-ring (bicyclic) bond motifs is 2. The van der Waals surface area contributed by atoms with Crippen LogP contribution in [0.25, 0.3) is 0 Å². The van der Waals surface area contributed by atoms with E-state index in [-0.39, 0.29) is 30.0 Å². The number of hydrazine groups is 1. The van der Waals surface area contributed by atoms with Crippen LogP contribution in [0.1, 0.15) is 85.5 Å². The Kier molecular flexibility index (Phi) is 11.0. The Morgan fingerprint density at radius 1 is 1.00 bits per heavy atom. The van der Waals surface area contributed by atoms with E-state index < -0.39 is 11.6 Å². The number of hydrogen-bond donors (Lipinski definition) is 3. The van der Waals surface area contributed by atoms with Gasteiger partial charge < -0.3 is 19.9 Å².